The summed E-state index contributed by atoms with van der Waals surface area (Å²) in [6.45, 7) is 6.07. The molecule has 0 unspecified atom stereocenters. The summed E-state index contributed by atoms with van der Waals surface area (Å²) in [5, 5.41) is 5.63. The minimum absolute atomic E-state index is 0.281. The van der Waals surface area contributed by atoms with E-state index in [9.17, 15) is 13.2 Å². The van der Waals surface area contributed by atoms with Crippen LogP contribution in [0.4, 0.5) is 13.2 Å². The van der Waals surface area contributed by atoms with Crippen LogP contribution in [0, 0.1) is 25.7 Å². The zero-order valence-corrected chi connectivity index (χ0v) is 38.8. The van der Waals surface area contributed by atoms with Crippen LogP contribution >= 0.6 is 17.0 Å². The van der Waals surface area contributed by atoms with E-state index in [0.717, 1.165) is 11.8 Å². The normalized spacial score (nSPS) is 14.8. The van der Waals surface area contributed by atoms with Crippen molar-refractivity contribution in [2.24, 2.45) is 11.8 Å². The molecule has 6 aromatic carbocycles. The summed E-state index contributed by atoms with van der Waals surface area (Å²) < 4.78 is 33.7. The predicted octanol–water partition coefficient (Wildman–Crippen LogP) is 16.8. The van der Waals surface area contributed by atoms with Gasteiger partial charge in [-0.05, 0) is 49.7 Å². The van der Waals surface area contributed by atoms with Gasteiger partial charge in [-0.25, -0.2) is 0 Å². The molecule has 57 heavy (non-hydrogen) atoms. The van der Waals surface area contributed by atoms with Crippen LogP contribution in [0.2, 0.25) is 12.6 Å². The van der Waals surface area contributed by atoms with Gasteiger partial charge in [-0.2, -0.15) is 25.3 Å². The van der Waals surface area contributed by atoms with Crippen molar-refractivity contribution in [3.63, 3.8) is 0 Å². The van der Waals surface area contributed by atoms with Gasteiger partial charge in [-0.3, -0.25) is 0 Å². The molecule has 300 valence electrons. The van der Waals surface area contributed by atoms with Gasteiger partial charge in [-0.15, -0.1) is 69.1 Å². The monoisotopic (exact) mass is 902 g/mol. The third-order valence-electron chi connectivity index (χ3n) is 11.5. The van der Waals surface area contributed by atoms with Crippen molar-refractivity contribution in [1.82, 2.24) is 0 Å². The number of hydrogen-bond donors (Lipinski definition) is 0. The molecular formula is C50H57Cl2F3SiZr. The first-order chi connectivity index (χ1) is 27.6. The molecule has 8 rings (SSSR count). The maximum absolute atomic E-state index is 11.2. The van der Waals surface area contributed by atoms with E-state index in [1.807, 2.05) is 0 Å². The molecule has 0 atom stereocenters. The van der Waals surface area contributed by atoms with Crippen molar-refractivity contribution in [2.45, 2.75) is 116 Å². The first-order valence-corrected chi connectivity index (χ1v) is 28.8. The van der Waals surface area contributed by atoms with Gasteiger partial charge in [0.15, 0.2) is 0 Å². The van der Waals surface area contributed by atoms with E-state index >= 15 is 0 Å². The molecule has 0 bridgehead atoms. The zero-order valence-electron chi connectivity index (χ0n) is 33.8. The fourth-order valence-corrected chi connectivity index (χ4v) is 9.05. The van der Waals surface area contributed by atoms with Gasteiger partial charge in [0, 0.05) is 15.9 Å². The van der Waals surface area contributed by atoms with E-state index < -0.39 is 33.4 Å². The average molecular weight is 905 g/mol. The Bertz CT molecular complexity index is 1910. The maximum atomic E-state index is 11.2. The summed E-state index contributed by atoms with van der Waals surface area (Å²) in [5.41, 5.74) is 11.1. The van der Waals surface area contributed by atoms with Gasteiger partial charge in [0.25, 0.3) is 0 Å². The second-order valence-corrected chi connectivity index (χ2v) is 21.0. The molecule has 0 saturated heterocycles. The van der Waals surface area contributed by atoms with E-state index in [4.69, 9.17) is 17.0 Å². The molecule has 0 spiro atoms. The van der Waals surface area contributed by atoms with Gasteiger partial charge in [0.05, 0.1) is 0 Å². The first kappa shape index (κ1) is 45.7. The number of aryl methyl sites for hydroxylation is 2. The minimum atomic E-state index is -3.94. The van der Waals surface area contributed by atoms with Crippen molar-refractivity contribution in [3.8, 4) is 22.3 Å². The van der Waals surface area contributed by atoms with Crippen LogP contribution in [0.25, 0.3) is 43.8 Å². The Hall–Kier alpha value is -2.43. The van der Waals surface area contributed by atoms with Crippen molar-refractivity contribution >= 4 is 48.1 Å². The van der Waals surface area contributed by atoms with E-state index in [2.05, 4.69) is 123 Å². The zero-order chi connectivity index (χ0) is 40.6. The van der Waals surface area contributed by atoms with Gasteiger partial charge >= 0.3 is 44.1 Å². The molecule has 0 aliphatic heterocycles. The SMILES string of the molecule is C[Si]CCC(F)(F)F.Cc1ccc(-c2cccc3[cH-]c(CC4CCCCC4)cc23)cc1.Cc1ccc(-c2cccc3[cH-]c(CC4CCCCC4)cc23)cc1.[Cl][Zr+2][Cl]. The average Bonchev–Trinajstić information content (AvgIpc) is 3.82. The molecule has 2 radical (unpaired) electrons. The summed E-state index contributed by atoms with van der Waals surface area (Å²) in [6, 6.07) is 41.3. The summed E-state index contributed by atoms with van der Waals surface area (Å²) in [6.07, 6.45) is 12.3. The summed E-state index contributed by atoms with van der Waals surface area (Å²) >= 11 is -0.826. The van der Waals surface area contributed by atoms with Crippen molar-refractivity contribution in [2.75, 3.05) is 0 Å². The Kier molecular flexibility index (Phi) is 18.7. The quantitative estimate of drug-likeness (QED) is 0.105. The second-order valence-electron chi connectivity index (χ2n) is 16.0. The van der Waals surface area contributed by atoms with E-state index in [0.29, 0.717) is 9.52 Å². The molecular weight excluding hydrogens is 848 g/mol. The van der Waals surface area contributed by atoms with Gasteiger partial charge in [0.1, 0.15) is 0 Å². The molecule has 0 amide bonds. The van der Waals surface area contributed by atoms with E-state index in [1.54, 1.807) is 6.55 Å². The molecule has 2 saturated carbocycles. The van der Waals surface area contributed by atoms with E-state index in [1.165, 1.54) is 143 Å². The predicted molar refractivity (Wildman–Crippen MR) is 239 cm³/mol. The van der Waals surface area contributed by atoms with E-state index in [-0.39, 0.29) is 6.04 Å². The van der Waals surface area contributed by atoms with Crippen LogP contribution in [0.1, 0.15) is 92.9 Å². The van der Waals surface area contributed by atoms with Crippen LogP contribution in [0.15, 0.2) is 109 Å². The topological polar surface area (TPSA) is 0 Å². The first-order valence-electron chi connectivity index (χ1n) is 20.7. The Morgan fingerprint density at radius 1 is 0.614 bits per heavy atom. The second kappa shape index (κ2) is 23.4. The Labute approximate surface area is 361 Å². The van der Waals surface area contributed by atoms with Crippen molar-refractivity contribution in [3.05, 3.63) is 131 Å². The third kappa shape index (κ3) is 14.7. The number of alkyl halides is 3. The van der Waals surface area contributed by atoms with Crippen LogP contribution < -0.4 is 0 Å². The molecule has 7 heteroatoms. The Balaban J connectivity index is 0.000000174. The van der Waals surface area contributed by atoms with Crippen molar-refractivity contribution < 1.29 is 34.0 Å². The summed E-state index contributed by atoms with van der Waals surface area (Å²) in [5.74, 6) is 1.81. The summed E-state index contributed by atoms with van der Waals surface area (Å²) in [7, 11) is 10.3. The number of rotatable bonds is 8. The fourth-order valence-electron chi connectivity index (χ4n) is 8.51. The third-order valence-corrected chi connectivity index (χ3v) is 12.3. The van der Waals surface area contributed by atoms with Crippen LogP contribution in [-0.4, -0.2) is 15.7 Å². The number of benzene rings is 4. The standard InChI is InChI=1S/2C23H25.C4H7F3Si.2ClH.Zr/c2*1-17-10-12-20(13-11-17)22-9-5-8-21-15-19(16-23(21)22)14-18-6-3-2-4-7-18;1-8-3-2-4(5,6)7;;;/h2*5,8-13,15-16,18H,2-4,6-7,14H2,1H3;2-3H2,1H3;2*1H;/q2*-1;;;;+4/p-2. The molecule has 2 aliphatic rings. The van der Waals surface area contributed by atoms with Gasteiger partial charge in [-0.1, -0.05) is 160 Å². The van der Waals surface area contributed by atoms with Gasteiger partial charge in [0.2, 0.25) is 0 Å². The van der Waals surface area contributed by atoms with Crippen LogP contribution in [0.5, 0.6) is 0 Å². The van der Waals surface area contributed by atoms with Crippen LogP contribution in [0.3, 0.4) is 0 Å². The molecule has 0 aromatic heterocycles. The fraction of sp³-hybridized carbons (Fsp3) is 0.400. The van der Waals surface area contributed by atoms with Crippen molar-refractivity contribution in [1.29, 1.82) is 0 Å². The molecule has 0 N–H and O–H groups in total. The van der Waals surface area contributed by atoms with Crippen LogP contribution in [-0.2, 0) is 33.7 Å². The molecule has 2 fully saturated rings. The number of hydrogen-bond acceptors (Lipinski definition) is 0. The number of fused-ring (bicyclic) bond motifs is 2. The molecule has 2 aliphatic carbocycles. The Morgan fingerprint density at radius 2 is 1.00 bits per heavy atom. The number of halogens is 5. The van der Waals surface area contributed by atoms with Gasteiger partial charge < -0.3 is 0 Å². The Morgan fingerprint density at radius 3 is 1.33 bits per heavy atom. The molecule has 0 heterocycles. The summed E-state index contributed by atoms with van der Waals surface area (Å²) in [4.78, 5) is 0. The molecule has 6 aromatic rings. The molecule has 0 nitrogen and oxygen atoms in total.